The molecule has 2 aromatic carbocycles. The van der Waals surface area contributed by atoms with Crippen LogP contribution < -0.4 is 0 Å². The first kappa shape index (κ1) is 23.4. The van der Waals surface area contributed by atoms with E-state index < -0.39 is 10.0 Å². The monoisotopic (exact) mass is 443 g/mol. The fourth-order valence-electron chi connectivity index (χ4n) is 3.84. The maximum atomic E-state index is 13.2. The van der Waals surface area contributed by atoms with Crippen molar-refractivity contribution < 1.29 is 13.2 Å². The average Bonchev–Trinajstić information content (AvgIpc) is 2.80. The van der Waals surface area contributed by atoms with Crippen molar-refractivity contribution in [3.05, 3.63) is 65.7 Å². The summed E-state index contributed by atoms with van der Waals surface area (Å²) in [4.78, 5) is 17.1. The first-order valence-electron chi connectivity index (χ1n) is 11.1. The standard InChI is InChI=1S/C24H33N3O3S/c1-3-5-14-26(4-2)24(28)22-12-9-13-23(19-22)31(29,30)27-17-15-25(16-18-27)20-21-10-7-6-8-11-21/h6-13,19H,3-5,14-18,20H2,1-2H3. The molecule has 1 saturated heterocycles. The highest BCUT2D eigenvalue weighted by Gasteiger charge is 2.29. The number of hydrogen-bond donors (Lipinski definition) is 0. The molecule has 0 unspecified atom stereocenters. The van der Waals surface area contributed by atoms with Crippen LogP contribution in [0.4, 0.5) is 0 Å². The number of sulfonamides is 1. The molecule has 31 heavy (non-hydrogen) atoms. The third-order valence-corrected chi connectivity index (χ3v) is 7.64. The number of amides is 1. The number of rotatable bonds is 9. The van der Waals surface area contributed by atoms with Crippen LogP contribution in [-0.2, 0) is 16.6 Å². The van der Waals surface area contributed by atoms with Gasteiger partial charge < -0.3 is 4.90 Å². The van der Waals surface area contributed by atoms with Gasteiger partial charge in [0.15, 0.2) is 0 Å². The summed E-state index contributed by atoms with van der Waals surface area (Å²) in [6, 6.07) is 16.7. The predicted octanol–water partition coefficient (Wildman–Crippen LogP) is 3.46. The SMILES string of the molecule is CCCCN(CC)C(=O)c1cccc(S(=O)(=O)N2CCN(Cc3ccccc3)CC2)c1. The Labute approximate surface area is 186 Å². The van der Waals surface area contributed by atoms with Gasteiger partial charge in [-0.2, -0.15) is 4.31 Å². The quantitative estimate of drug-likeness (QED) is 0.596. The second-order valence-electron chi connectivity index (χ2n) is 7.93. The van der Waals surface area contributed by atoms with Gasteiger partial charge in [0, 0.05) is 51.4 Å². The van der Waals surface area contributed by atoms with Crippen molar-refractivity contribution in [1.29, 1.82) is 0 Å². The highest BCUT2D eigenvalue weighted by molar-refractivity contribution is 7.89. The van der Waals surface area contributed by atoms with Gasteiger partial charge in [-0.3, -0.25) is 9.69 Å². The molecule has 0 radical (unpaired) electrons. The molecule has 6 nitrogen and oxygen atoms in total. The second kappa shape index (κ2) is 10.9. The van der Waals surface area contributed by atoms with Gasteiger partial charge in [0.05, 0.1) is 4.90 Å². The van der Waals surface area contributed by atoms with Gasteiger partial charge in [0.2, 0.25) is 10.0 Å². The van der Waals surface area contributed by atoms with Crippen LogP contribution >= 0.6 is 0 Å². The van der Waals surface area contributed by atoms with E-state index in [1.807, 2.05) is 25.1 Å². The Kier molecular flexibility index (Phi) is 8.23. The molecule has 0 aliphatic carbocycles. The molecule has 0 aromatic heterocycles. The smallest absolute Gasteiger partial charge is 0.253 e. The molecule has 0 bridgehead atoms. The van der Waals surface area contributed by atoms with E-state index in [9.17, 15) is 13.2 Å². The van der Waals surface area contributed by atoms with Crippen molar-refractivity contribution in [3.8, 4) is 0 Å². The fourth-order valence-corrected chi connectivity index (χ4v) is 5.31. The lowest BCUT2D eigenvalue weighted by atomic mass is 10.2. The van der Waals surface area contributed by atoms with Crippen molar-refractivity contribution in [1.82, 2.24) is 14.1 Å². The van der Waals surface area contributed by atoms with Crippen LogP contribution in [0.2, 0.25) is 0 Å². The molecule has 0 spiro atoms. The van der Waals surface area contributed by atoms with E-state index >= 15 is 0 Å². The van der Waals surface area contributed by atoms with E-state index in [-0.39, 0.29) is 10.8 Å². The lowest BCUT2D eigenvalue weighted by molar-refractivity contribution is 0.0762. The number of unbranched alkanes of at least 4 members (excludes halogenated alkanes) is 1. The molecule has 1 amide bonds. The van der Waals surface area contributed by atoms with E-state index in [2.05, 4.69) is 24.0 Å². The molecular formula is C24H33N3O3S. The van der Waals surface area contributed by atoms with Gasteiger partial charge in [0.25, 0.3) is 5.91 Å². The predicted molar refractivity (Wildman–Crippen MR) is 123 cm³/mol. The number of nitrogens with zero attached hydrogens (tertiary/aromatic N) is 3. The molecule has 0 saturated carbocycles. The molecule has 3 rings (SSSR count). The summed E-state index contributed by atoms with van der Waals surface area (Å²) in [7, 11) is -3.63. The van der Waals surface area contributed by atoms with Crippen LogP contribution in [-0.4, -0.2) is 67.7 Å². The minimum Gasteiger partial charge on any atom is -0.339 e. The van der Waals surface area contributed by atoms with Crippen molar-refractivity contribution in [2.24, 2.45) is 0 Å². The minimum atomic E-state index is -3.63. The zero-order valence-corrected chi connectivity index (χ0v) is 19.4. The van der Waals surface area contributed by atoms with E-state index in [0.29, 0.717) is 44.8 Å². The molecule has 0 atom stereocenters. The van der Waals surface area contributed by atoms with E-state index in [1.54, 1.807) is 23.1 Å². The second-order valence-corrected chi connectivity index (χ2v) is 9.87. The zero-order valence-electron chi connectivity index (χ0n) is 18.5. The molecule has 1 aliphatic rings. The molecule has 1 fully saturated rings. The van der Waals surface area contributed by atoms with Crippen LogP contribution in [0.1, 0.15) is 42.6 Å². The highest BCUT2D eigenvalue weighted by Crippen LogP contribution is 2.20. The molecule has 0 N–H and O–H groups in total. The fraction of sp³-hybridized carbons (Fsp3) is 0.458. The minimum absolute atomic E-state index is 0.110. The summed E-state index contributed by atoms with van der Waals surface area (Å²) in [6.45, 7) is 8.43. The van der Waals surface area contributed by atoms with E-state index in [4.69, 9.17) is 0 Å². The van der Waals surface area contributed by atoms with Gasteiger partial charge in [-0.05, 0) is 37.1 Å². The van der Waals surface area contributed by atoms with E-state index in [1.165, 1.54) is 15.9 Å². The van der Waals surface area contributed by atoms with Gasteiger partial charge in [-0.1, -0.05) is 49.7 Å². The lowest BCUT2D eigenvalue weighted by Gasteiger charge is -2.34. The Balaban J connectivity index is 1.67. The van der Waals surface area contributed by atoms with Crippen molar-refractivity contribution in [2.45, 2.75) is 38.1 Å². The van der Waals surface area contributed by atoms with Crippen LogP contribution in [0, 0.1) is 0 Å². The van der Waals surface area contributed by atoms with Crippen LogP contribution in [0.5, 0.6) is 0 Å². The largest absolute Gasteiger partial charge is 0.339 e. The van der Waals surface area contributed by atoms with Gasteiger partial charge >= 0.3 is 0 Å². The summed E-state index contributed by atoms with van der Waals surface area (Å²) >= 11 is 0. The third-order valence-electron chi connectivity index (χ3n) is 5.75. The third kappa shape index (κ3) is 5.93. The molecule has 1 aliphatic heterocycles. The molecule has 168 valence electrons. The summed E-state index contributed by atoms with van der Waals surface area (Å²) in [5, 5.41) is 0. The van der Waals surface area contributed by atoms with Crippen molar-refractivity contribution in [2.75, 3.05) is 39.3 Å². The zero-order chi connectivity index (χ0) is 22.3. The summed E-state index contributed by atoms with van der Waals surface area (Å²) in [6.07, 6.45) is 1.94. The van der Waals surface area contributed by atoms with Crippen molar-refractivity contribution in [3.63, 3.8) is 0 Å². The first-order valence-corrected chi connectivity index (χ1v) is 12.6. The molecule has 2 aromatic rings. The van der Waals surface area contributed by atoms with Gasteiger partial charge in [0.1, 0.15) is 0 Å². The Morgan fingerprint density at radius 3 is 2.32 bits per heavy atom. The molecule has 1 heterocycles. The summed E-state index contributed by atoms with van der Waals surface area (Å²) < 4.78 is 28.0. The molecular weight excluding hydrogens is 410 g/mol. The Bertz CT molecular complexity index is 955. The molecule has 7 heteroatoms. The number of piperazine rings is 1. The Hall–Kier alpha value is -2.22. The van der Waals surface area contributed by atoms with Gasteiger partial charge in [-0.25, -0.2) is 8.42 Å². The summed E-state index contributed by atoms with van der Waals surface area (Å²) in [5.41, 5.74) is 1.66. The topological polar surface area (TPSA) is 60.9 Å². The van der Waals surface area contributed by atoms with Crippen LogP contribution in [0.25, 0.3) is 0 Å². The summed E-state index contributed by atoms with van der Waals surface area (Å²) in [5.74, 6) is -0.110. The average molecular weight is 444 g/mol. The number of benzene rings is 2. The van der Waals surface area contributed by atoms with Crippen LogP contribution in [0.3, 0.4) is 0 Å². The maximum Gasteiger partial charge on any atom is 0.253 e. The first-order chi connectivity index (χ1) is 15.0. The Morgan fingerprint density at radius 1 is 0.968 bits per heavy atom. The number of hydrogen-bond acceptors (Lipinski definition) is 4. The lowest BCUT2D eigenvalue weighted by Crippen LogP contribution is -2.48. The van der Waals surface area contributed by atoms with Gasteiger partial charge in [-0.15, -0.1) is 0 Å². The number of carbonyl (C=O) groups is 1. The van der Waals surface area contributed by atoms with Crippen LogP contribution in [0.15, 0.2) is 59.5 Å². The number of carbonyl (C=O) groups excluding carboxylic acids is 1. The maximum absolute atomic E-state index is 13.2. The highest BCUT2D eigenvalue weighted by atomic mass is 32.2. The van der Waals surface area contributed by atoms with Crippen molar-refractivity contribution >= 4 is 15.9 Å². The Morgan fingerprint density at radius 2 is 1.68 bits per heavy atom. The van der Waals surface area contributed by atoms with E-state index in [0.717, 1.165) is 19.4 Å². The normalized spacial score (nSPS) is 15.7.